The zero-order chi connectivity index (χ0) is 13.0. The summed E-state index contributed by atoms with van der Waals surface area (Å²) in [6, 6.07) is 1.71. The van der Waals surface area contributed by atoms with Gasteiger partial charge in [0.25, 0.3) is 0 Å². The monoisotopic (exact) mass is 235 g/mol. The van der Waals surface area contributed by atoms with Crippen molar-refractivity contribution in [1.82, 2.24) is 9.97 Å². The molecule has 0 aromatic carbocycles. The summed E-state index contributed by atoms with van der Waals surface area (Å²) < 4.78 is 0. The predicted octanol–water partition coefficient (Wildman–Crippen LogP) is 1.78. The van der Waals surface area contributed by atoms with Gasteiger partial charge in [0.2, 0.25) is 0 Å². The zero-order valence-electron chi connectivity index (χ0n) is 10.4. The van der Waals surface area contributed by atoms with Crippen LogP contribution in [-0.4, -0.2) is 34.9 Å². The van der Waals surface area contributed by atoms with E-state index in [1.807, 2.05) is 19.0 Å². The van der Waals surface area contributed by atoms with Crippen LogP contribution in [0.5, 0.6) is 0 Å². The van der Waals surface area contributed by atoms with E-state index in [4.69, 9.17) is 5.41 Å². The number of aliphatic hydroxyl groups is 1. The van der Waals surface area contributed by atoms with E-state index < -0.39 is 0 Å². The Labute approximate surface area is 101 Å². The molecule has 0 radical (unpaired) electrons. The Bertz CT molecular complexity index is 453. The molecular formula is C11H17N5O. The first-order valence-corrected chi connectivity index (χ1v) is 5.13. The Hall–Kier alpha value is -2.11. The molecule has 1 aromatic heterocycles. The lowest BCUT2D eigenvalue weighted by molar-refractivity contribution is 0.415. The lowest BCUT2D eigenvalue weighted by atomic mass is 10.2. The van der Waals surface area contributed by atoms with E-state index in [9.17, 15) is 5.11 Å². The molecule has 3 N–H and O–H groups in total. The molecule has 0 aliphatic carbocycles. The first-order valence-electron chi connectivity index (χ1n) is 5.13. The second-order valence-corrected chi connectivity index (χ2v) is 3.88. The number of hydrogen-bond donors (Lipinski definition) is 3. The molecule has 0 aliphatic heterocycles. The highest BCUT2D eigenvalue weighted by molar-refractivity contribution is 5.95. The minimum atomic E-state index is -0.0686. The van der Waals surface area contributed by atoms with Gasteiger partial charge in [-0.25, -0.2) is 9.97 Å². The molecule has 0 bridgehead atoms. The van der Waals surface area contributed by atoms with Gasteiger partial charge in [-0.1, -0.05) is 0 Å². The standard InChI is InChI=1S/C11H17N5O/c1-7(8(2)12)11(17)15-9-5-10(16(3)4)14-6-13-9/h5-6,12,17H,1-4H3,(H,13,14,15)/b11-7+,12-8?. The van der Waals surface area contributed by atoms with Crippen molar-refractivity contribution >= 4 is 17.3 Å². The molecule has 0 unspecified atom stereocenters. The molecule has 1 heterocycles. The minimum Gasteiger partial charge on any atom is -0.494 e. The molecule has 0 saturated carbocycles. The van der Waals surface area contributed by atoms with Gasteiger partial charge in [0, 0.05) is 31.4 Å². The molecule has 0 saturated heterocycles. The minimum absolute atomic E-state index is 0.0686. The van der Waals surface area contributed by atoms with E-state index in [0.29, 0.717) is 17.1 Å². The van der Waals surface area contributed by atoms with Crippen LogP contribution in [0.25, 0.3) is 0 Å². The summed E-state index contributed by atoms with van der Waals surface area (Å²) in [5.41, 5.74) is 0.784. The van der Waals surface area contributed by atoms with Crippen LogP contribution >= 0.6 is 0 Å². The van der Waals surface area contributed by atoms with Crippen LogP contribution in [0.3, 0.4) is 0 Å². The van der Waals surface area contributed by atoms with Crippen molar-refractivity contribution in [3.63, 3.8) is 0 Å². The number of aliphatic hydroxyl groups excluding tert-OH is 1. The van der Waals surface area contributed by atoms with Crippen LogP contribution in [0.2, 0.25) is 0 Å². The van der Waals surface area contributed by atoms with E-state index in [0.717, 1.165) is 5.82 Å². The maximum absolute atomic E-state index is 9.72. The summed E-state index contributed by atoms with van der Waals surface area (Å²) >= 11 is 0. The highest BCUT2D eigenvalue weighted by Gasteiger charge is 2.05. The number of allylic oxidation sites excluding steroid dienone is 1. The fourth-order valence-electron chi connectivity index (χ4n) is 1.05. The van der Waals surface area contributed by atoms with Gasteiger partial charge >= 0.3 is 0 Å². The summed E-state index contributed by atoms with van der Waals surface area (Å²) in [5.74, 6) is 1.15. The van der Waals surface area contributed by atoms with Gasteiger partial charge < -0.3 is 20.7 Å². The van der Waals surface area contributed by atoms with Gasteiger partial charge in [-0.15, -0.1) is 0 Å². The van der Waals surface area contributed by atoms with Gasteiger partial charge in [0.15, 0.2) is 5.88 Å². The SMILES string of the molecule is CC(=N)/C(C)=C(/O)Nc1cc(N(C)C)ncn1. The summed E-state index contributed by atoms with van der Waals surface area (Å²) in [4.78, 5) is 9.89. The Morgan fingerprint density at radius 1 is 1.35 bits per heavy atom. The smallest absolute Gasteiger partial charge is 0.194 e. The summed E-state index contributed by atoms with van der Waals surface area (Å²) in [5, 5.41) is 19.9. The van der Waals surface area contributed by atoms with Gasteiger partial charge in [0.1, 0.15) is 18.0 Å². The van der Waals surface area contributed by atoms with Crippen LogP contribution in [0.1, 0.15) is 13.8 Å². The normalized spacial score (nSPS) is 11.8. The number of hydrogen-bond acceptors (Lipinski definition) is 6. The molecule has 6 heteroatoms. The van der Waals surface area contributed by atoms with E-state index in [-0.39, 0.29) is 5.88 Å². The fraction of sp³-hybridized carbons (Fsp3) is 0.364. The third kappa shape index (κ3) is 3.44. The van der Waals surface area contributed by atoms with Crippen LogP contribution < -0.4 is 10.2 Å². The summed E-state index contributed by atoms with van der Waals surface area (Å²) in [7, 11) is 3.74. The highest BCUT2D eigenvalue weighted by Crippen LogP contribution is 2.13. The average Bonchev–Trinajstić information content (AvgIpc) is 2.28. The van der Waals surface area contributed by atoms with Gasteiger partial charge in [0.05, 0.1) is 0 Å². The molecule has 6 nitrogen and oxygen atoms in total. The van der Waals surface area contributed by atoms with Crippen molar-refractivity contribution in [3.8, 4) is 0 Å². The van der Waals surface area contributed by atoms with Gasteiger partial charge in [-0.2, -0.15) is 0 Å². The van der Waals surface area contributed by atoms with Crippen molar-refractivity contribution in [1.29, 1.82) is 5.41 Å². The van der Waals surface area contributed by atoms with Crippen molar-refractivity contribution in [2.24, 2.45) is 0 Å². The maximum atomic E-state index is 9.72. The predicted molar refractivity (Wildman–Crippen MR) is 68.7 cm³/mol. The molecule has 0 spiro atoms. The zero-order valence-corrected chi connectivity index (χ0v) is 10.4. The molecule has 1 aromatic rings. The third-order valence-corrected chi connectivity index (χ3v) is 2.28. The van der Waals surface area contributed by atoms with Crippen LogP contribution in [0.4, 0.5) is 11.6 Å². The fourth-order valence-corrected chi connectivity index (χ4v) is 1.05. The van der Waals surface area contributed by atoms with E-state index in [1.54, 1.807) is 19.9 Å². The number of aromatic nitrogens is 2. The van der Waals surface area contributed by atoms with Crippen molar-refractivity contribution in [3.05, 3.63) is 23.8 Å². The molecule has 0 amide bonds. The second-order valence-electron chi connectivity index (χ2n) is 3.88. The number of nitrogens with zero attached hydrogens (tertiary/aromatic N) is 3. The highest BCUT2D eigenvalue weighted by atomic mass is 16.3. The molecule has 17 heavy (non-hydrogen) atoms. The van der Waals surface area contributed by atoms with E-state index in [2.05, 4.69) is 15.3 Å². The molecule has 0 aliphatic rings. The topological polar surface area (TPSA) is 85.1 Å². The summed E-state index contributed by atoms with van der Waals surface area (Å²) in [6.07, 6.45) is 1.41. The van der Waals surface area contributed by atoms with E-state index in [1.165, 1.54) is 6.33 Å². The first kappa shape index (κ1) is 13.0. The maximum Gasteiger partial charge on any atom is 0.194 e. The first-order chi connectivity index (χ1) is 7.91. The van der Waals surface area contributed by atoms with Gasteiger partial charge in [-0.3, -0.25) is 0 Å². The lowest BCUT2D eigenvalue weighted by Gasteiger charge is -2.12. The molecular weight excluding hydrogens is 218 g/mol. The molecule has 0 fully saturated rings. The van der Waals surface area contributed by atoms with E-state index >= 15 is 0 Å². The van der Waals surface area contributed by atoms with Gasteiger partial charge in [-0.05, 0) is 13.8 Å². The molecule has 92 valence electrons. The quantitative estimate of drug-likeness (QED) is 0.547. The Morgan fingerprint density at radius 3 is 2.53 bits per heavy atom. The Balaban J connectivity index is 2.93. The lowest BCUT2D eigenvalue weighted by Crippen LogP contribution is -2.12. The van der Waals surface area contributed by atoms with Crippen molar-refractivity contribution in [2.75, 3.05) is 24.3 Å². The number of rotatable bonds is 4. The van der Waals surface area contributed by atoms with Crippen molar-refractivity contribution in [2.45, 2.75) is 13.8 Å². The molecule has 1 rings (SSSR count). The second kappa shape index (κ2) is 5.29. The number of anilines is 2. The average molecular weight is 235 g/mol. The number of nitrogens with one attached hydrogen (secondary N) is 2. The summed E-state index contributed by atoms with van der Waals surface area (Å²) in [6.45, 7) is 3.27. The van der Waals surface area contributed by atoms with Crippen molar-refractivity contribution < 1.29 is 5.11 Å². The van der Waals surface area contributed by atoms with Crippen LogP contribution in [-0.2, 0) is 0 Å². The Kier molecular flexibility index (Phi) is 4.03. The largest absolute Gasteiger partial charge is 0.494 e. The Morgan fingerprint density at radius 2 is 2.00 bits per heavy atom. The third-order valence-electron chi connectivity index (χ3n) is 2.28. The molecule has 0 atom stereocenters. The van der Waals surface area contributed by atoms with Crippen LogP contribution in [0.15, 0.2) is 23.8 Å². The van der Waals surface area contributed by atoms with Crippen LogP contribution in [0, 0.1) is 5.41 Å².